The molecular formula is C9H19ClN2O. The van der Waals surface area contributed by atoms with E-state index < -0.39 is 0 Å². The number of likely N-dealkylation sites (N-methyl/N-ethyl adjacent to an activating group) is 1. The van der Waals surface area contributed by atoms with Crippen molar-refractivity contribution in [3.8, 4) is 0 Å². The molecule has 0 aromatic carbocycles. The van der Waals surface area contributed by atoms with Crippen LogP contribution in [0.4, 0.5) is 0 Å². The second kappa shape index (κ2) is 5.81. The van der Waals surface area contributed by atoms with Gasteiger partial charge in [0, 0.05) is 31.6 Å². The maximum Gasteiger partial charge on any atom is 0.0826 e. The summed E-state index contributed by atoms with van der Waals surface area (Å²) in [6.07, 6.45) is 0.328. The molecule has 0 aromatic heterocycles. The zero-order valence-corrected chi connectivity index (χ0v) is 9.18. The predicted octanol–water partition coefficient (Wildman–Crippen LogP) is 0.534. The maximum absolute atomic E-state index is 5.81. The van der Waals surface area contributed by atoms with Gasteiger partial charge in [-0.3, -0.25) is 0 Å². The van der Waals surface area contributed by atoms with Crippen LogP contribution in [0.25, 0.3) is 0 Å². The lowest BCUT2D eigenvalue weighted by Crippen LogP contribution is -2.45. The number of halogens is 1. The molecule has 1 N–H and O–H groups in total. The first-order valence-electron chi connectivity index (χ1n) is 4.83. The molecule has 1 fully saturated rings. The van der Waals surface area contributed by atoms with Gasteiger partial charge in [-0.15, -0.1) is 11.6 Å². The first kappa shape index (κ1) is 11.2. The largest absolute Gasteiger partial charge is 0.374 e. The molecule has 1 heterocycles. The number of morpholine rings is 1. The molecule has 4 heteroatoms. The van der Waals surface area contributed by atoms with Gasteiger partial charge in [0.1, 0.15) is 0 Å². The van der Waals surface area contributed by atoms with Crippen LogP contribution < -0.4 is 5.32 Å². The van der Waals surface area contributed by atoms with Crippen molar-refractivity contribution in [2.75, 3.05) is 39.8 Å². The van der Waals surface area contributed by atoms with Crippen LogP contribution in [0, 0.1) is 0 Å². The van der Waals surface area contributed by atoms with Gasteiger partial charge in [-0.05, 0) is 14.0 Å². The number of nitrogens with one attached hydrogen (secondary N) is 1. The lowest BCUT2D eigenvalue weighted by atomic mass is 10.3. The third kappa shape index (κ3) is 4.81. The van der Waals surface area contributed by atoms with Crippen LogP contribution in [0.2, 0.25) is 0 Å². The Kier molecular flexibility index (Phi) is 5.02. The molecular weight excluding hydrogens is 188 g/mol. The Hall–Kier alpha value is 0.170. The van der Waals surface area contributed by atoms with E-state index in [1.54, 1.807) is 0 Å². The molecule has 1 aliphatic rings. The number of hydrogen-bond donors (Lipinski definition) is 1. The number of rotatable bonds is 4. The Morgan fingerprint density at radius 2 is 2.46 bits per heavy atom. The number of ether oxygens (including phenoxy) is 1. The summed E-state index contributed by atoms with van der Waals surface area (Å²) in [6.45, 7) is 6.65. The van der Waals surface area contributed by atoms with Crippen LogP contribution >= 0.6 is 11.6 Å². The van der Waals surface area contributed by atoms with Gasteiger partial charge >= 0.3 is 0 Å². The molecule has 0 radical (unpaired) electrons. The fourth-order valence-electron chi connectivity index (χ4n) is 1.43. The fourth-order valence-corrected chi connectivity index (χ4v) is 1.54. The summed E-state index contributed by atoms with van der Waals surface area (Å²) >= 11 is 5.81. The van der Waals surface area contributed by atoms with E-state index in [-0.39, 0.29) is 5.38 Å². The summed E-state index contributed by atoms with van der Waals surface area (Å²) in [4.78, 5) is 2.29. The third-order valence-corrected chi connectivity index (χ3v) is 2.29. The minimum atomic E-state index is 0.196. The smallest absolute Gasteiger partial charge is 0.0826 e. The molecule has 1 rings (SSSR count). The Labute approximate surface area is 85.4 Å². The number of alkyl halides is 1. The highest BCUT2D eigenvalue weighted by atomic mass is 35.5. The summed E-state index contributed by atoms with van der Waals surface area (Å²) < 4.78 is 5.58. The van der Waals surface area contributed by atoms with Crippen LogP contribution in [0.1, 0.15) is 6.92 Å². The molecule has 3 nitrogen and oxygen atoms in total. The molecule has 0 aromatic rings. The minimum Gasteiger partial charge on any atom is -0.374 e. The van der Waals surface area contributed by atoms with Crippen LogP contribution in [0.15, 0.2) is 0 Å². The Morgan fingerprint density at radius 3 is 3.08 bits per heavy atom. The average Bonchev–Trinajstić information content (AvgIpc) is 2.03. The van der Waals surface area contributed by atoms with Gasteiger partial charge < -0.3 is 15.0 Å². The lowest BCUT2D eigenvalue weighted by molar-refractivity contribution is -0.0179. The minimum absolute atomic E-state index is 0.196. The lowest BCUT2D eigenvalue weighted by Gasteiger charge is -2.30. The molecule has 2 unspecified atom stereocenters. The highest BCUT2D eigenvalue weighted by Crippen LogP contribution is 2.01. The summed E-state index contributed by atoms with van der Waals surface area (Å²) in [5.41, 5.74) is 0. The first-order chi connectivity index (χ1) is 6.18. The normalized spacial score (nSPS) is 27.5. The zero-order chi connectivity index (χ0) is 9.68. The van der Waals surface area contributed by atoms with Crippen LogP contribution in [0.5, 0.6) is 0 Å². The van der Waals surface area contributed by atoms with Crippen LogP contribution in [-0.2, 0) is 4.74 Å². The van der Waals surface area contributed by atoms with Gasteiger partial charge in [0.25, 0.3) is 0 Å². The van der Waals surface area contributed by atoms with Gasteiger partial charge in [0.2, 0.25) is 0 Å². The number of hydrogen-bond acceptors (Lipinski definition) is 3. The van der Waals surface area contributed by atoms with E-state index in [1.165, 1.54) is 0 Å². The van der Waals surface area contributed by atoms with Crippen molar-refractivity contribution in [3.63, 3.8) is 0 Å². The van der Waals surface area contributed by atoms with Crippen molar-refractivity contribution in [2.45, 2.75) is 18.4 Å². The SMILES string of the molecule is CC(Cl)CNCC1CN(C)CCO1. The zero-order valence-electron chi connectivity index (χ0n) is 8.42. The van der Waals surface area contributed by atoms with E-state index >= 15 is 0 Å². The molecule has 1 saturated heterocycles. The highest BCUT2D eigenvalue weighted by Gasteiger charge is 2.16. The molecule has 1 aliphatic heterocycles. The molecule has 0 saturated carbocycles. The van der Waals surface area contributed by atoms with Crippen LogP contribution in [-0.4, -0.2) is 56.2 Å². The van der Waals surface area contributed by atoms with E-state index in [0.29, 0.717) is 6.10 Å². The standard InChI is InChI=1S/C9H19ClN2O/c1-8(10)5-11-6-9-7-12(2)3-4-13-9/h8-9,11H,3-7H2,1-2H3. The molecule has 2 atom stereocenters. The van der Waals surface area contributed by atoms with E-state index in [9.17, 15) is 0 Å². The van der Waals surface area contributed by atoms with Gasteiger partial charge in [-0.1, -0.05) is 0 Å². The highest BCUT2D eigenvalue weighted by molar-refractivity contribution is 6.20. The maximum atomic E-state index is 5.81. The van der Waals surface area contributed by atoms with Gasteiger partial charge in [0.15, 0.2) is 0 Å². The van der Waals surface area contributed by atoms with Crippen molar-refractivity contribution < 1.29 is 4.74 Å². The van der Waals surface area contributed by atoms with Crippen molar-refractivity contribution in [3.05, 3.63) is 0 Å². The summed E-state index contributed by atoms with van der Waals surface area (Å²) in [5, 5.41) is 3.49. The number of nitrogens with zero attached hydrogens (tertiary/aromatic N) is 1. The van der Waals surface area contributed by atoms with Crippen molar-refractivity contribution >= 4 is 11.6 Å². The molecule has 0 spiro atoms. The van der Waals surface area contributed by atoms with Crippen molar-refractivity contribution in [1.29, 1.82) is 0 Å². The summed E-state index contributed by atoms with van der Waals surface area (Å²) in [7, 11) is 2.12. The van der Waals surface area contributed by atoms with Crippen LogP contribution in [0.3, 0.4) is 0 Å². The van der Waals surface area contributed by atoms with Crippen molar-refractivity contribution in [1.82, 2.24) is 10.2 Å². The van der Waals surface area contributed by atoms with E-state index in [4.69, 9.17) is 16.3 Å². The predicted molar refractivity (Wildman–Crippen MR) is 55.4 cm³/mol. The second-order valence-electron chi connectivity index (χ2n) is 3.69. The summed E-state index contributed by atoms with van der Waals surface area (Å²) in [5.74, 6) is 0. The van der Waals surface area contributed by atoms with E-state index in [2.05, 4.69) is 17.3 Å². The Balaban J connectivity index is 2.06. The molecule has 78 valence electrons. The van der Waals surface area contributed by atoms with E-state index in [1.807, 2.05) is 6.92 Å². The quantitative estimate of drug-likeness (QED) is 0.680. The Bertz CT molecular complexity index is 144. The third-order valence-electron chi connectivity index (χ3n) is 2.14. The van der Waals surface area contributed by atoms with Gasteiger partial charge in [-0.2, -0.15) is 0 Å². The average molecular weight is 207 g/mol. The molecule has 13 heavy (non-hydrogen) atoms. The molecule has 0 aliphatic carbocycles. The van der Waals surface area contributed by atoms with E-state index in [0.717, 1.165) is 32.8 Å². The second-order valence-corrected chi connectivity index (χ2v) is 4.44. The summed E-state index contributed by atoms with van der Waals surface area (Å²) in [6, 6.07) is 0. The first-order valence-corrected chi connectivity index (χ1v) is 5.27. The van der Waals surface area contributed by atoms with Gasteiger partial charge in [0.05, 0.1) is 12.7 Å². The molecule has 0 amide bonds. The topological polar surface area (TPSA) is 24.5 Å². The van der Waals surface area contributed by atoms with Gasteiger partial charge in [-0.25, -0.2) is 0 Å². The molecule has 0 bridgehead atoms. The Morgan fingerprint density at radius 1 is 1.69 bits per heavy atom. The fraction of sp³-hybridized carbons (Fsp3) is 1.00. The monoisotopic (exact) mass is 206 g/mol. The van der Waals surface area contributed by atoms with Crippen molar-refractivity contribution in [2.24, 2.45) is 0 Å².